The van der Waals surface area contributed by atoms with E-state index in [4.69, 9.17) is 5.73 Å². The molecular formula is C8H12BrN3. The molecule has 4 heteroatoms. The number of halogens is 1. The maximum Gasteiger partial charge on any atom is 0.125 e. The smallest absolute Gasteiger partial charge is 0.125 e. The predicted octanol–water partition coefficient (Wildman–Crippen LogP) is 1.36. The van der Waals surface area contributed by atoms with E-state index in [9.17, 15) is 0 Å². The molecule has 0 unspecified atom stereocenters. The van der Waals surface area contributed by atoms with Gasteiger partial charge in [-0.1, -0.05) is 0 Å². The summed E-state index contributed by atoms with van der Waals surface area (Å²) in [5.74, 6) is 0.805. The van der Waals surface area contributed by atoms with Crippen molar-refractivity contribution in [2.45, 2.75) is 20.3 Å². The quantitative estimate of drug-likeness (QED) is 0.834. The molecule has 0 aliphatic rings. The summed E-state index contributed by atoms with van der Waals surface area (Å²) in [5, 5.41) is 0. The molecule has 12 heavy (non-hydrogen) atoms. The van der Waals surface area contributed by atoms with Gasteiger partial charge < -0.3 is 5.73 Å². The van der Waals surface area contributed by atoms with Gasteiger partial charge in [0.05, 0.1) is 15.9 Å². The summed E-state index contributed by atoms with van der Waals surface area (Å²) in [6.07, 6.45) is 0.796. The summed E-state index contributed by atoms with van der Waals surface area (Å²) in [6, 6.07) is 0. The van der Waals surface area contributed by atoms with Gasteiger partial charge in [-0.3, -0.25) is 0 Å². The molecule has 66 valence electrons. The van der Waals surface area contributed by atoms with E-state index in [1.165, 1.54) is 0 Å². The number of aromatic nitrogens is 2. The Labute approximate surface area is 80.5 Å². The van der Waals surface area contributed by atoms with Crippen LogP contribution in [0.4, 0.5) is 0 Å². The van der Waals surface area contributed by atoms with Gasteiger partial charge in [0.25, 0.3) is 0 Å². The average molecular weight is 230 g/mol. The zero-order valence-corrected chi connectivity index (χ0v) is 8.85. The fourth-order valence-corrected chi connectivity index (χ4v) is 1.45. The first-order valence-electron chi connectivity index (χ1n) is 3.85. The third-order valence-electron chi connectivity index (χ3n) is 1.58. The van der Waals surface area contributed by atoms with E-state index < -0.39 is 0 Å². The highest BCUT2D eigenvalue weighted by molar-refractivity contribution is 9.10. The summed E-state index contributed by atoms with van der Waals surface area (Å²) in [4.78, 5) is 8.50. The monoisotopic (exact) mass is 229 g/mol. The summed E-state index contributed by atoms with van der Waals surface area (Å²) >= 11 is 3.43. The van der Waals surface area contributed by atoms with E-state index in [1.807, 2.05) is 13.8 Å². The zero-order valence-electron chi connectivity index (χ0n) is 7.26. The largest absolute Gasteiger partial charge is 0.330 e. The van der Waals surface area contributed by atoms with E-state index in [0.29, 0.717) is 6.54 Å². The minimum Gasteiger partial charge on any atom is -0.330 e. The van der Waals surface area contributed by atoms with Crippen molar-refractivity contribution in [2.75, 3.05) is 6.54 Å². The minimum absolute atomic E-state index is 0.620. The normalized spacial score (nSPS) is 10.3. The van der Waals surface area contributed by atoms with Crippen LogP contribution in [0, 0.1) is 13.8 Å². The highest BCUT2D eigenvalue weighted by atomic mass is 79.9. The van der Waals surface area contributed by atoms with Crippen LogP contribution in [0.3, 0.4) is 0 Å². The predicted molar refractivity (Wildman–Crippen MR) is 52.0 cm³/mol. The first kappa shape index (κ1) is 9.61. The van der Waals surface area contributed by atoms with Crippen LogP contribution in [-0.2, 0) is 6.42 Å². The molecule has 2 N–H and O–H groups in total. The number of hydrogen-bond donors (Lipinski definition) is 1. The average Bonchev–Trinajstić information content (AvgIpc) is 2.00. The molecule has 0 saturated carbocycles. The Morgan fingerprint density at radius 2 is 2.00 bits per heavy atom. The van der Waals surface area contributed by atoms with Crippen molar-refractivity contribution in [1.82, 2.24) is 9.97 Å². The minimum atomic E-state index is 0.620. The molecule has 0 aliphatic carbocycles. The zero-order chi connectivity index (χ0) is 9.14. The summed E-state index contributed by atoms with van der Waals surface area (Å²) < 4.78 is 0.985. The number of rotatable bonds is 2. The molecule has 3 nitrogen and oxygen atoms in total. The molecule has 0 spiro atoms. The molecule has 1 heterocycles. The lowest BCUT2D eigenvalue weighted by atomic mass is 10.2. The Morgan fingerprint density at radius 1 is 1.33 bits per heavy atom. The number of nitrogens with zero attached hydrogens (tertiary/aromatic N) is 2. The SMILES string of the molecule is Cc1nc(C)c(Br)c(CCN)n1. The van der Waals surface area contributed by atoms with Crippen LogP contribution in [-0.4, -0.2) is 16.5 Å². The second-order valence-corrected chi connectivity index (χ2v) is 3.45. The van der Waals surface area contributed by atoms with Gasteiger partial charge in [0.2, 0.25) is 0 Å². The Balaban J connectivity index is 3.09. The van der Waals surface area contributed by atoms with Crippen molar-refractivity contribution < 1.29 is 0 Å². The lowest BCUT2D eigenvalue weighted by molar-refractivity contribution is 0.865. The molecule has 0 bridgehead atoms. The highest BCUT2D eigenvalue weighted by Gasteiger charge is 2.05. The number of aryl methyl sites for hydroxylation is 2. The van der Waals surface area contributed by atoms with Crippen LogP contribution in [0.1, 0.15) is 17.2 Å². The van der Waals surface area contributed by atoms with Gasteiger partial charge in [-0.25, -0.2) is 9.97 Å². The molecule has 0 fully saturated rings. The number of hydrogen-bond acceptors (Lipinski definition) is 3. The van der Waals surface area contributed by atoms with Crippen LogP contribution >= 0.6 is 15.9 Å². The van der Waals surface area contributed by atoms with Crippen LogP contribution in [0.15, 0.2) is 4.47 Å². The molecule has 0 aromatic carbocycles. The van der Waals surface area contributed by atoms with Crippen molar-refractivity contribution in [2.24, 2.45) is 5.73 Å². The molecule has 0 amide bonds. The third-order valence-corrected chi connectivity index (χ3v) is 2.61. The first-order valence-corrected chi connectivity index (χ1v) is 4.64. The molecule has 1 aromatic heterocycles. The summed E-state index contributed by atoms with van der Waals surface area (Å²) in [6.45, 7) is 4.47. The van der Waals surface area contributed by atoms with Crippen LogP contribution in [0.25, 0.3) is 0 Å². The van der Waals surface area contributed by atoms with Gasteiger partial charge in [0.15, 0.2) is 0 Å². The van der Waals surface area contributed by atoms with Crippen molar-refractivity contribution in [3.8, 4) is 0 Å². The second-order valence-electron chi connectivity index (χ2n) is 2.66. The maximum absolute atomic E-state index is 5.45. The van der Waals surface area contributed by atoms with Crippen molar-refractivity contribution in [3.05, 3.63) is 21.7 Å². The first-order chi connectivity index (χ1) is 5.65. The highest BCUT2D eigenvalue weighted by Crippen LogP contribution is 2.18. The van der Waals surface area contributed by atoms with E-state index in [-0.39, 0.29) is 0 Å². The van der Waals surface area contributed by atoms with Gasteiger partial charge in [0, 0.05) is 6.42 Å². The van der Waals surface area contributed by atoms with E-state index >= 15 is 0 Å². The Bertz CT molecular complexity index is 286. The molecule has 0 saturated heterocycles. The Kier molecular flexibility index (Phi) is 3.17. The fraction of sp³-hybridized carbons (Fsp3) is 0.500. The summed E-state index contributed by atoms with van der Waals surface area (Å²) in [7, 11) is 0. The van der Waals surface area contributed by atoms with Gasteiger partial charge in [-0.05, 0) is 36.3 Å². The van der Waals surface area contributed by atoms with Crippen molar-refractivity contribution in [3.63, 3.8) is 0 Å². The van der Waals surface area contributed by atoms with E-state index in [0.717, 1.165) is 28.1 Å². The standard InChI is InChI=1S/C8H12BrN3/c1-5-8(9)7(3-4-10)12-6(2)11-5/h3-4,10H2,1-2H3. The molecular weight excluding hydrogens is 218 g/mol. The lowest BCUT2D eigenvalue weighted by Crippen LogP contribution is -2.07. The fourth-order valence-electron chi connectivity index (χ4n) is 1.07. The van der Waals surface area contributed by atoms with Gasteiger partial charge in [0.1, 0.15) is 5.82 Å². The summed E-state index contributed by atoms with van der Waals surface area (Å²) in [5.41, 5.74) is 7.43. The van der Waals surface area contributed by atoms with Crippen LogP contribution in [0.2, 0.25) is 0 Å². The Hall–Kier alpha value is -0.480. The van der Waals surface area contributed by atoms with E-state index in [2.05, 4.69) is 25.9 Å². The van der Waals surface area contributed by atoms with E-state index in [1.54, 1.807) is 0 Å². The lowest BCUT2D eigenvalue weighted by Gasteiger charge is -2.05. The number of nitrogens with two attached hydrogens (primary N) is 1. The molecule has 0 radical (unpaired) electrons. The van der Waals surface area contributed by atoms with Gasteiger partial charge in [-0.15, -0.1) is 0 Å². The molecule has 1 rings (SSSR count). The van der Waals surface area contributed by atoms with Crippen molar-refractivity contribution in [1.29, 1.82) is 0 Å². The second kappa shape index (κ2) is 3.96. The third kappa shape index (κ3) is 2.01. The van der Waals surface area contributed by atoms with Gasteiger partial charge >= 0.3 is 0 Å². The molecule has 1 aromatic rings. The maximum atomic E-state index is 5.45. The molecule has 0 aliphatic heterocycles. The van der Waals surface area contributed by atoms with Crippen LogP contribution < -0.4 is 5.73 Å². The van der Waals surface area contributed by atoms with Crippen LogP contribution in [0.5, 0.6) is 0 Å². The Morgan fingerprint density at radius 3 is 2.58 bits per heavy atom. The molecule has 0 atom stereocenters. The van der Waals surface area contributed by atoms with Crippen molar-refractivity contribution >= 4 is 15.9 Å². The topological polar surface area (TPSA) is 51.8 Å². The van der Waals surface area contributed by atoms with Gasteiger partial charge in [-0.2, -0.15) is 0 Å².